The van der Waals surface area contributed by atoms with Gasteiger partial charge < -0.3 is 10.6 Å². The van der Waals surface area contributed by atoms with E-state index in [0.29, 0.717) is 30.5 Å². The number of piperidine rings is 1. The molecule has 2 N–H and O–H groups in total. The molecule has 2 atom stereocenters. The third kappa shape index (κ3) is 3.86. The molecular formula is C18H20FN5O. The van der Waals surface area contributed by atoms with Crippen molar-refractivity contribution in [3.8, 4) is 6.07 Å². The van der Waals surface area contributed by atoms with E-state index in [9.17, 15) is 9.18 Å². The van der Waals surface area contributed by atoms with Gasteiger partial charge in [-0.2, -0.15) is 10.4 Å². The Morgan fingerprint density at radius 2 is 2.36 bits per heavy atom. The van der Waals surface area contributed by atoms with Crippen LogP contribution in [0.5, 0.6) is 0 Å². The summed E-state index contributed by atoms with van der Waals surface area (Å²) in [7, 11) is 0. The second-order valence-electron chi connectivity index (χ2n) is 6.12. The Balaban J connectivity index is 1.73. The normalized spacial score (nSPS) is 20.1. The largest absolute Gasteiger partial charge is 0.348 e. The summed E-state index contributed by atoms with van der Waals surface area (Å²) in [4.78, 5) is 11.8. The van der Waals surface area contributed by atoms with Crippen molar-refractivity contribution < 1.29 is 9.18 Å². The average molecular weight is 341 g/mol. The third-order valence-electron chi connectivity index (χ3n) is 4.47. The van der Waals surface area contributed by atoms with Crippen molar-refractivity contribution in [2.24, 2.45) is 0 Å². The summed E-state index contributed by atoms with van der Waals surface area (Å²) >= 11 is 0. The van der Waals surface area contributed by atoms with E-state index in [4.69, 9.17) is 5.26 Å². The van der Waals surface area contributed by atoms with Crippen molar-refractivity contribution in [1.29, 1.82) is 5.26 Å². The molecule has 3 rings (SSSR count). The maximum Gasteiger partial charge on any atom is 0.220 e. The smallest absolute Gasteiger partial charge is 0.220 e. The molecule has 0 bridgehead atoms. The minimum absolute atomic E-state index is 0.0110. The highest BCUT2D eigenvalue weighted by Gasteiger charge is 2.30. The Kier molecular flexibility index (Phi) is 5.10. The topological polar surface area (TPSA) is 82.7 Å². The SMILES string of the molecule is CCn1cc([C@@H]2NC(=O)CC[C@H]2NCc2ccc(C#N)cc2F)cn1. The van der Waals surface area contributed by atoms with E-state index in [1.165, 1.54) is 6.07 Å². The van der Waals surface area contributed by atoms with Gasteiger partial charge in [-0.15, -0.1) is 0 Å². The number of aromatic nitrogens is 2. The molecular weight excluding hydrogens is 321 g/mol. The van der Waals surface area contributed by atoms with E-state index in [2.05, 4.69) is 15.7 Å². The van der Waals surface area contributed by atoms with Gasteiger partial charge in [0.2, 0.25) is 5.91 Å². The summed E-state index contributed by atoms with van der Waals surface area (Å²) in [6, 6.07) is 6.18. The van der Waals surface area contributed by atoms with Crippen LogP contribution in [0.15, 0.2) is 30.6 Å². The third-order valence-corrected chi connectivity index (χ3v) is 4.47. The molecule has 1 aliphatic heterocycles. The molecule has 7 heteroatoms. The summed E-state index contributed by atoms with van der Waals surface area (Å²) in [5.74, 6) is -0.390. The van der Waals surface area contributed by atoms with Gasteiger partial charge in [-0.1, -0.05) is 6.07 Å². The highest BCUT2D eigenvalue weighted by molar-refractivity contribution is 5.77. The zero-order valence-electron chi connectivity index (χ0n) is 14.0. The van der Waals surface area contributed by atoms with Crippen LogP contribution in [0.4, 0.5) is 4.39 Å². The first kappa shape index (κ1) is 17.1. The lowest BCUT2D eigenvalue weighted by Crippen LogP contribution is -2.48. The van der Waals surface area contributed by atoms with Gasteiger partial charge in [0.25, 0.3) is 0 Å². The lowest BCUT2D eigenvalue weighted by Gasteiger charge is -2.32. The summed E-state index contributed by atoms with van der Waals surface area (Å²) in [5.41, 5.74) is 1.74. The van der Waals surface area contributed by atoms with E-state index >= 15 is 0 Å². The number of aryl methyl sites for hydroxylation is 1. The number of carbonyl (C=O) groups is 1. The molecule has 0 aliphatic carbocycles. The Hall–Kier alpha value is -2.72. The fourth-order valence-corrected chi connectivity index (χ4v) is 3.05. The number of amides is 1. The summed E-state index contributed by atoms with van der Waals surface area (Å²) < 4.78 is 15.9. The Labute approximate surface area is 145 Å². The van der Waals surface area contributed by atoms with Crippen LogP contribution >= 0.6 is 0 Å². The molecule has 1 aromatic heterocycles. The molecule has 1 fully saturated rings. The summed E-state index contributed by atoms with van der Waals surface area (Å²) in [6.07, 6.45) is 4.79. The van der Waals surface area contributed by atoms with E-state index < -0.39 is 5.82 Å². The molecule has 2 heterocycles. The van der Waals surface area contributed by atoms with Crippen molar-refractivity contribution in [3.05, 3.63) is 53.1 Å². The maximum atomic E-state index is 14.0. The number of nitriles is 1. The fraction of sp³-hybridized carbons (Fsp3) is 0.389. The van der Waals surface area contributed by atoms with E-state index in [-0.39, 0.29) is 18.0 Å². The fourth-order valence-electron chi connectivity index (χ4n) is 3.05. The van der Waals surface area contributed by atoms with Crippen LogP contribution in [0.2, 0.25) is 0 Å². The molecule has 0 radical (unpaired) electrons. The zero-order valence-corrected chi connectivity index (χ0v) is 14.0. The van der Waals surface area contributed by atoms with Crippen LogP contribution in [-0.2, 0) is 17.9 Å². The van der Waals surface area contributed by atoms with Crippen molar-refractivity contribution >= 4 is 5.91 Å². The highest BCUT2D eigenvalue weighted by Crippen LogP contribution is 2.24. The molecule has 0 unspecified atom stereocenters. The quantitative estimate of drug-likeness (QED) is 0.872. The van der Waals surface area contributed by atoms with E-state index in [1.54, 1.807) is 18.3 Å². The number of halogens is 1. The lowest BCUT2D eigenvalue weighted by atomic mass is 9.93. The van der Waals surface area contributed by atoms with Gasteiger partial charge in [0, 0.05) is 42.9 Å². The minimum Gasteiger partial charge on any atom is -0.348 e. The van der Waals surface area contributed by atoms with Gasteiger partial charge in [-0.25, -0.2) is 4.39 Å². The Morgan fingerprint density at radius 3 is 3.04 bits per heavy atom. The van der Waals surface area contributed by atoms with E-state index in [1.807, 2.05) is 23.9 Å². The number of benzene rings is 1. The second kappa shape index (κ2) is 7.45. The van der Waals surface area contributed by atoms with Gasteiger partial charge in [0.15, 0.2) is 0 Å². The van der Waals surface area contributed by atoms with Crippen LogP contribution in [0.1, 0.15) is 42.5 Å². The van der Waals surface area contributed by atoms with Crippen LogP contribution < -0.4 is 10.6 Å². The van der Waals surface area contributed by atoms with Crippen molar-refractivity contribution in [2.45, 2.75) is 44.9 Å². The van der Waals surface area contributed by atoms with Crippen LogP contribution in [0, 0.1) is 17.1 Å². The first-order valence-corrected chi connectivity index (χ1v) is 8.34. The molecule has 1 saturated heterocycles. The first-order valence-electron chi connectivity index (χ1n) is 8.34. The van der Waals surface area contributed by atoms with Crippen LogP contribution in [-0.4, -0.2) is 21.7 Å². The van der Waals surface area contributed by atoms with Gasteiger partial charge in [0.05, 0.1) is 23.9 Å². The molecule has 2 aromatic rings. The number of carbonyl (C=O) groups excluding carboxylic acids is 1. The predicted molar refractivity (Wildman–Crippen MR) is 89.8 cm³/mol. The van der Waals surface area contributed by atoms with Crippen molar-refractivity contribution in [2.75, 3.05) is 0 Å². The standard InChI is InChI=1S/C18H20FN5O/c1-2-24-11-14(10-22-24)18-16(5-6-17(25)23-18)21-9-13-4-3-12(8-20)7-15(13)19/h3-4,7,10-11,16,18,21H,2,5-6,9H2,1H3,(H,23,25)/t16-,18+/m1/s1. The van der Waals surface area contributed by atoms with Crippen LogP contribution in [0.25, 0.3) is 0 Å². The van der Waals surface area contributed by atoms with Gasteiger partial charge in [-0.05, 0) is 25.5 Å². The lowest BCUT2D eigenvalue weighted by molar-refractivity contribution is -0.123. The minimum atomic E-state index is -0.401. The zero-order chi connectivity index (χ0) is 17.8. The maximum absolute atomic E-state index is 14.0. The number of nitrogens with one attached hydrogen (secondary N) is 2. The van der Waals surface area contributed by atoms with Crippen molar-refractivity contribution in [1.82, 2.24) is 20.4 Å². The second-order valence-corrected chi connectivity index (χ2v) is 6.12. The molecule has 1 aliphatic rings. The highest BCUT2D eigenvalue weighted by atomic mass is 19.1. The Bertz CT molecular complexity index is 810. The van der Waals surface area contributed by atoms with Gasteiger partial charge in [-0.3, -0.25) is 9.48 Å². The molecule has 0 spiro atoms. The number of nitrogens with zero attached hydrogens (tertiary/aromatic N) is 3. The van der Waals surface area contributed by atoms with E-state index in [0.717, 1.165) is 12.1 Å². The Morgan fingerprint density at radius 1 is 1.52 bits per heavy atom. The first-order chi connectivity index (χ1) is 12.1. The molecule has 25 heavy (non-hydrogen) atoms. The monoisotopic (exact) mass is 341 g/mol. The molecule has 130 valence electrons. The number of hydrogen-bond acceptors (Lipinski definition) is 4. The number of rotatable bonds is 5. The van der Waals surface area contributed by atoms with Gasteiger partial charge >= 0.3 is 0 Å². The van der Waals surface area contributed by atoms with Crippen LogP contribution in [0.3, 0.4) is 0 Å². The van der Waals surface area contributed by atoms with Gasteiger partial charge in [0.1, 0.15) is 5.82 Å². The molecule has 0 saturated carbocycles. The molecule has 1 amide bonds. The summed E-state index contributed by atoms with van der Waals surface area (Å²) in [5, 5.41) is 19.4. The number of hydrogen-bond donors (Lipinski definition) is 2. The van der Waals surface area contributed by atoms with Crippen molar-refractivity contribution in [3.63, 3.8) is 0 Å². The average Bonchev–Trinajstić information content (AvgIpc) is 3.10. The molecule has 1 aromatic carbocycles. The summed E-state index contributed by atoms with van der Waals surface area (Å²) in [6.45, 7) is 3.09. The molecule has 6 nitrogen and oxygen atoms in total. The predicted octanol–water partition coefficient (Wildman–Crippen LogP) is 2.02.